The van der Waals surface area contributed by atoms with Gasteiger partial charge in [-0.15, -0.1) is 0 Å². The summed E-state index contributed by atoms with van der Waals surface area (Å²) in [5.74, 6) is -0.473. The minimum atomic E-state index is -1.11. The Hall–Kier alpha value is -1.59. The van der Waals surface area contributed by atoms with E-state index in [1.807, 2.05) is 0 Å². The zero-order valence-corrected chi connectivity index (χ0v) is 10.9. The Bertz CT molecular complexity index is 384. The molecule has 0 saturated heterocycles. The highest BCUT2D eigenvalue weighted by Crippen LogP contribution is 2.54. The maximum absolute atomic E-state index is 11.9. The van der Waals surface area contributed by atoms with Gasteiger partial charge in [-0.25, -0.2) is 4.79 Å². The Morgan fingerprint density at radius 1 is 1.26 bits per heavy atom. The average Bonchev–Trinajstić information content (AvgIpc) is 2.99. The fourth-order valence-corrected chi connectivity index (χ4v) is 2.84. The van der Waals surface area contributed by atoms with Crippen molar-refractivity contribution in [2.24, 2.45) is 17.8 Å². The van der Waals surface area contributed by atoms with Crippen molar-refractivity contribution < 1.29 is 24.2 Å². The molecule has 0 aromatic carbocycles. The van der Waals surface area contributed by atoms with Gasteiger partial charge < -0.3 is 15.2 Å². The molecule has 0 aromatic heterocycles. The smallest absolute Gasteiger partial charge is 0.326 e. The highest BCUT2D eigenvalue weighted by Gasteiger charge is 2.48. The average molecular weight is 269 g/mol. The molecule has 1 amide bonds. The number of carbonyl (C=O) groups excluding carboxylic acids is 2. The van der Waals surface area contributed by atoms with Crippen LogP contribution in [0.5, 0.6) is 0 Å². The first kappa shape index (κ1) is 13.8. The first-order chi connectivity index (χ1) is 9.01. The van der Waals surface area contributed by atoms with Crippen LogP contribution in [0.1, 0.15) is 32.1 Å². The van der Waals surface area contributed by atoms with Gasteiger partial charge in [0, 0.05) is 12.3 Å². The van der Waals surface area contributed by atoms with E-state index >= 15 is 0 Å². The van der Waals surface area contributed by atoms with Crippen molar-refractivity contribution in [3.8, 4) is 0 Å². The summed E-state index contributed by atoms with van der Waals surface area (Å²) in [6.45, 7) is 0. The van der Waals surface area contributed by atoms with Crippen LogP contribution in [0.3, 0.4) is 0 Å². The van der Waals surface area contributed by atoms with Gasteiger partial charge in [0.2, 0.25) is 5.91 Å². The number of carbonyl (C=O) groups is 3. The molecule has 6 nitrogen and oxygen atoms in total. The van der Waals surface area contributed by atoms with E-state index in [-0.39, 0.29) is 24.7 Å². The second-order valence-electron chi connectivity index (χ2n) is 5.44. The van der Waals surface area contributed by atoms with Gasteiger partial charge in [0.1, 0.15) is 6.04 Å². The molecule has 0 spiro atoms. The van der Waals surface area contributed by atoms with E-state index in [1.165, 1.54) is 13.5 Å². The number of fused-ring (bicyclic) bond motifs is 1. The largest absolute Gasteiger partial charge is 0.480 e. The third-order valence-corrected chi connectivity index (χ3v) is 4.09. The summed E-state index contributed by atoms with van der Waals surface area (Å²) in [6, 6.07) is -1.01. The highest BCUT2D eigenvalue weighted by molar-refractivity contribution is 5.85. The molecular weight excluding hydrogens is 250 g/mol. The van der Waals surface area contributed by atoms with Crippen molar-refractivity contribution in [1.29, 1.82) is 0 Å². The second-order valence-corrected chi connectivity index (χ2v) is 5.44. The maximum Gasteiger partial charge on any atom is 0.326 e. The number of hydrogen-bond acceptors (Lipinski definition) is 4. The fourth-order valence-electron chi connectivity index (χ4n) is 2.84. The molecule has 0 bridgehead atoms. The molecule has 2 rings (SSSR count). The molecule has 0 aromatic rings. The molecule has 2 fully saturated rings. The van der Waals surface area contributed by atoms with Crippen molar-refractivity contribution in [2.45, 2.75) is 38.1 Å². The third kappa shape index (κ3) is 3.45. The van der Waals surface area contributed by atoms with Crippen LogP contribution in [-0.2, 0) is 19.1 Å². The van der Waals surface area contributed by atoms with Crippen LogP contribution >= 0.6 is 0 Å². The van der Waals surface area contributed by atoms with Crippen LogP contribution in [0.15, 0.2) is 0 Å². The summed E-state index contributed by atoms with van der Waals surface area (Å²) in [5.41, 5.74) is 0. The van der Waals surface area contributed by atoms with E-state index < -0.39 is 18.0 Å². The predicted molar refractivity (Wildman–Crippen MR) is 65.1 cm³/mol. The zero-order chi connectivity index (χ0) is 14.0. The summed E-state index contributed by atoms with van der Waals surface area (Å²) < 4.78 is 4.46. The Morgan fingerprint density at radius 3 is 2.42 bits per heavy atom. The molecule has 2 saturated carbocycles. The molecule has 0 heterocycles. The number of ether oxygens (including phenoxy) is 1. The molecule has 106 valence electrons. The van der Waals surface area contributed by atoms with E-state index in [0.717, 1.165) is 12.8 Å². The SMILES string of the molecule is COC(=O)CCC(NC(=O)C1CC2CC2C1)C(=O)O. The van der Waals surface area contributed by atoms with E-state index in [1.54, 1.807) is 0 Å². The number of rotatable bonds is 6. The normalized spacial score (nSPS) is 29.2. The van der Waals surface area contributed by atoms with Gasteiger partial charge in [-0.2, -0.15) is 0 Å². The fraction of sp³-hybridized carbons (Fsp3) is 0.769. The third-order valence-electron chi connectivity index (χ3n) is 4.09. The molecule has 2 aliphatic rings. The molecular formula is C13H19NO5. The van der Waals surface area contributed by atoms with Crippen LogP contribution in [-0.4, -0.2) is 36.1 Å². The number of carboxylic acids is 1. The Kier molecular flexibility index (Phi) is 4.07. The summed E-state index contributed by atoms with van der Waals surface area (Å²) in [6.07, 6.45) is 3.02. The summed E-state index contributed by atoms with van der Waals surface area (Å²) in [4.78, 5) is 34.0. The van der Waals surface area contributed by atoms with E-state index in [4.69, 9.17) is 5.11 Å². The number of aliphatic carboxylic acids is 1. The lowest BCUT2D eigenvalue weighted by Crippen LogP contribution is -2.43. The quantitative estimate of drug-likeness (QED) is 0.687. The van der Waals surface area contributed by atoms with Crippen molar-refractivity contribution in [3.05, 3.63) is 0 Å². The number of carboxylic acid groups (broad SMARTS) is 1. The Morgan fingerprint density at radius 2 is 1.89 bits per heavy atom. The maximum atomic E-state index is 11.9. The lowest BCUT2D eigenvalue weighted by Gasteiger charge is -2.17. The molecule has 0 aliphatic heterocycles. The molecule has 19 heavy (non-hydrogen) atoms. The van der Waals surface area contributed by atoms with Gasteiger partial charge in [0.15, 0.2) is 0 Å². The van der Waals surface area contributed by atoms with Gasteiger partial charge in [-0.05, 0) is 37.5 Å². The lowest BCUT2D eigenvalue weighted by atomic mass is 10.0. The standard InChI is InChI=1S/C13H19NO5/c1-19-11(15)3-2-10(13(17)18)14-12(16)9-5-7-4-8(7)6-9/h7-10H,2-6H2,1H3,(H,14,16)(H,17,18). The van der Waals surface area contributed by atoms with Gasteiger partial charge in [-0.3, -0.25) is 9.59 Å². The Labute approximate surface area is 111 Å². The monoisotopic (exact) mass is 269 g/mol. The van der Waals surface area contributed by atoms with Crippen LogP contribution < -0.4 is 5.32 Å². The number of amides is 1. The van der Waals surface area contributed by atoms with Crippen LogP contribution in [0.25, 0.3) is 0 Å². The first-order valence-corrected chi connectivity index (χ1v) is 6.61. The van der Waals surface area contributed by atoms with Crippen LogP contribution in [0.4, 0.5) is 0 Å². The number of methoxy groups -OCH3 is 1. The number of nitrogens with one attached hydrogen (secondary N) is 1. The minimum Gasteiger partial charge on any atom is -0.480 e. The lowest BCUT2D eigenvalue weighted by molar-refractivity contribution is -0.144. The summed E-state index contributed by atoms with van der Waals surface area (Å²) >= 11 is 0. The highest BCUT2D eigenvalue weighted by atomic mass is 16.5. The molecule has 2 N–H and O–H groups in total. The van der Waals surface area contributed by atoms with Crippen LogP contribution in [0, 0.1) is 17.8 Å². The van der Waals surface area contributed by atoms with Gasteiger partial charge in [0.25, 0.3) is 0 Å². The van der Waals surface area contributed by atoms with Gasteiger partial charge >= 0.3 is 11.9 Å². The van der Waals surface area contributed by atoms with E-state index in [9.17, 15) is 14.4 Å². The molecule has 6 heteroatoms. The summed E-state index contributed by atoms with van der Waals surface area (Å²) in [7, 11) is 1.25. The first-order valence-electron chi connectivity index (χ1n) is 6.61. The van der Waals surface area contributed by atoms with Gasteiger partial charge in [0.05, 0.1) is 7.11 Å². The second kappa shape index (κ2) is 5.59. The molecule has 3 unspecified atom stereocenters. The van der Waals surface area contributed by atoms with E-state index in [0.29, 0.717) is 11.8 Å². The number of hydrogen-bond donors (Lipinski definition) is 2. The zero-order valence-electron chi connectivity index (χ0n) is 10.9. The predicted octanol–water partition coefficient (Wildman–Crippen LogP) is 0.555. The van der Waals surface area contributed by atoms with Crippen molar-refractivity contribution in [3.63, 3.8) is 0 Å². The molecule has 2 aliphatic carbocycles. The Balaban J connectivity index is 1.80. The molecule has 0 radical (unpaired) electrons. The topological polar surface area (TPSA) is 92.7 Å². The van der Waals surface area contributed by atoms with E-state index in [2.05, 4.69) is 10.1 Å². The van der Waals surface area contributed by atoms with Crippen molar-refractivity contribution >= 4 is 17.8 Å². The molecule has 3 atom stereocenters. The number of esters is 1. The summed E-state index contributed by atoms with van der Waals surface area (Å²) in [5, 5.41) is 11.6. The minimum absolute atomic E-state index is 0.0103. The van der Waals surface area contributed by atoms with Crippen molar-refractivity contribution in [2.75, 3.05) is 7.11 Å². The van der Waals surface area contributed by atoms with Crippen LogP contribution in [0.2, 0.25) is 0 Å². The van der Waals surface area contributed by atoms with Gasteiger partial charge in [-0.1, -0.05) is 0 Å². The van der Waals surface area contributed by atoms with Crippen molar-refractivity contribution in [1.82, 2.24) is 5.32 Å².